The van der Waals surface area contributed by atoms with Gasteiger partial charge in [0.25, 0.3) is 0 Å². The molecular formula is C17H16N4O3S. The molecule has 1 N–H and O–H groups in total. The third-order valence-electron chi connectivity index (χ3n) is 3.15. The molecule has 0 spiro atoms. The van der Waals surface area contributed by atoms with Gasteiger partial charge in [-0.25, -0.2) is 4.79 Å². The van der Waals surface area contributed by atoms with Crippen molar-refractivity contribution >= 4 is 29.2 Å². The molecule has 2 rings (SSSR count). The first kappa shape index (κ1) is 18.3. The summed E-state index contributed by atoms with van der Waals surface area (Å²) in [5.74, 6) is -0.897. The van der Waals surface area contributed by atoms with Crippen LogP contribution in [-0.2, 0) is 4.79 Å². The molecule has 0 aliphatic carbocycles. The van der Waals surface area contributed by atoms with Crippen LogP contribution in [0.3, 0.4) is 0 Å². The molecule has 0 unspecified atom stereocenters. The van der Waals surface area contributed by atoms with Crippen molar-refractivity contribution in [1.29, 1.82) is 0 Å². The SMILES string of the molecule is C=C(/C=C\C(=C/C)C(=O)O)n1nnnc1SCC(=O)c1ccccc1. The minimum Gasteiger partial charge on any atom is -0.478 e. The number of hydrogen-bond donors (Lipinski definition) is 1. The number of allylic oxidation sites excluding steroid dienone is 3. The van der Waals surface area contributed by atoms with Crippen molar-refractivity contribution in [3.63, 3.8) is 0 Å². The Balaban J connectivity index is 2.05. The second kappa shape index (κ2) is 8.74. The largest absolute Gasteiger partial charge is 0.478 e. The number of Topliss-reactive ketones (excluding diaryl/α,β-unsaturated/α-hetero) is 1. The summed E-state index contributed by atoms with van der Waals surface area (Å²) in [6, 6.07) is 8.94. The first-order valence-electron chi connectivity index (χ1n) is 7.29. The van der Waals surface area contributed by atoms with Crippen LogP contribution in [0.2, 0.25) is 0 Å². The Morgan fingerprint density at radius 3 is 2.64 bits per heavy atom. The minimum atomic E-state index is -1.04. The maximum absolute atomic E-state index is 12.1. The molecule has 0 saturated heterocycles. The second-order valence-electron chi connectivity index (χ2n) is 4.82. The van der Waals surface area contributed by atoms with Gasteiger partial charge < -0.3 is 5.11 Å². The molecule has 0 atom stereocenters. The van der Waals surface area contributed by atoms with Crippen LogP contribution in [0.15, 0.2) is 65.9 Å². The van der Waals surface area contributed by atoms with Crippen LogP contribution in [-0.4, -0.2) is 42.8 Å². The van der Waals surface area contributed by atoms with Gasteiger partial charge in [0.15, 0.2) is 5.78 Å². The van der Waals surface area contributed by atoms with Gasteiger partial charge >= 0.3 is 5.97 Å². The van der Waals surface area contributed by atoms with Crippen molar-refractivity contribution in [2.45, 2.75) is 12.1 Å². The smallest absolute Gasteiger partial charge is 0.335 e. The van der Waals surface area contributed by atoms with Crippen LogP contribution >= 0.6 is 11.8 Å². The minimum absolute atomic E-state index is 0.0385. The Morgan fingerprint density at radius 2 is 2.00 bits per heavy atom. The summed E-state index contributed by atoms with van der Waals surface area (Å²) in [7, 11) is 0. The van der Waals surface area contributed by atoms with E-state index in [1.165, 1.54) is 34.7 Å². The monoisotopic (exact) mass is 356 g/mol. The average Bonchev–Trinajstić information content (AvgIpc) is 3.09. The van der Waals surface area contributed by atoms with E-state index in [2.05, 4.69) is 22.1 Å². The highest BCUT2D eigenvalue weighted by Crippen LogP contribution is 2.19. The lowest BCUT2D eigenvalue weighted by Crippen LogP contribution is -2.05. The number of carbonyl (C=O) groups excluding carboxylic acids is 1. The van der Waals surface area contributed by atoms with Crippen LogP contribution in [0.1, 0.15) is 17.3 Å². The summed E-state index contributed by atoms with van der Waals surface area (Å²) >= 11 is 1.18. The van der Waals surface area contributed by atoms with Crippen molar-refractivity contribution in [1.82, 2.24) is 20.2 Å². The molecule has 0 aliphatic rings. The van der Waals surface area contributed by atoms with E-state index in [1.54, 1.807) is 31.2 Å². The molecular weight excluding hydrogens is 340 g/mol. The third-order valence-corrected chi connectivity index (χ3v) is 4.07. The van der Waals surface area contributed by atoms with Crippen LogP contribution < -0.4 is 0 Å². The number of carboxylic acids is 1. The van der Waals surface area contributed by atoms with Gasteiger partial charge in [-0.15, -0.1) is 5.10 Å². The number of aromatic nitrogens is 4. The maximum Gasteiger partial charge on any atom is 0.335 e. The third kappa shape index (κ3) is 4.98. The second-order valence-corrected chi connectivity index (χ2v) is 5.77. The van der Waals surface area contributed by atoms with Gasteiger partial charge in [0.05, 0.1) is 17.0 Å². The van der Waals surface area contributed by atoms with Gasteiger partial charge in [0.2, 0.25) is 5.16 Å². The molecule has 0 bridgehead atoms. The lowest BCUT2D eigenvalue weighted by molar-refractivity contribution is -0.132. The van der Waals surface area contributed by atoms with E-state index in [1.807, 2.05) is 6.07 Å². The number of aliphatic carboxylic acids is 1. The molecule has 128 valence electrons. The van der Waals surface area contributed by atoms with Gasteiger partial charge in [-0.3, -0.25) is 4.79 Å². The first-order valence-corrected chi connectivity index (χ1v) is 8.28. The zero-order valence-corrected chi connectivity index (χ0v) is 14.3. The fourth-order valence-corrected chi connectivity index (χ4v) is 2.63. The molecule has 25 heavy (non-hydrogen) atoms. The number of carbonyl (C=O) groups is 2. The predicted molar refractivity (Wildman–Crippen MR) is 95.2 cm³/mol. The number of hydrogen-bond acceptors (Lipinski definition) is 6. The summed E-state index contributed by atoms with van der Waals surface area (Å²) in [5.41, 5.74) is 1.13. The van der Waals surface area contributed by atoms with E-state index in [0.29, 0.717) is 16.4 Å². The van der Waals surface area contributed by atoms with E-state index in [0.717, 1.165) is 0 Å². The molecule has 1 aromatic carbocycles. The van der Waals surface area contributed by atoms with Gasteiger partial charge in [0, 0.05) is 5.56 Å². The van der Waals surface area contributed by atoms with E-state index in [9.17, 15) is 9.59 Å². The molecule has 1 aromatic heterocycles. The standard InChI is InChI=1S/C17H16N4O3S/c1-3-13(16(23)24)10-9-12(2)21-17(18-19-20-21)25-11-15(22)14-7-5-4-6-8-14/h3-10H,2,11H2,1H3,(H,23,24)/b10-9-,13-3+. The highest BCUT2D eigenvalue weighted by Gasteiger charge is 2.12. The van der Waals surface area contributed by atoms with Crippen molar-refractivity contribution in [3.05, 3.63) is 66.3 Å². The van der Waals surface area contributed by atoms with Gasteiger partial charge in [-0.2, -0.15) is 4.68 Å². The normalized spacial score (nSPS) is 11.6. The maximum atomic E-state index is 12.1. The Bertz CT molecular complexity index is 841. The number of thioether (sulfide) groups is 1. The molecule has 0 fully saturated rings. The van der Waals surface area contributed by atoms with Crippen LogP contribution in [0.4, 0.5) is 0 Å². The van der Waals surface area contributed by atoms with Crippen molar-refractivity contribution in [3.8, 4) is 0 Å². The Kier molecular flexibility index (Phi) is 6.41. The van der Waals surface area contributed by atoms with Crippen LogP contribution in [0, 0.1) is 0 Å². The summed E-state index contributed by atoms with van der Waals surface area (Å²) in [5, 5.41) is 20.7. The number of ketones is 1. The topological polar surface area (TPSA) is 98.0 Å². The summed E-state index contributed by atoms with van der Waals surface area (Å²) in [4.78, 5) is 23.1. The summed E-state index contributed by atoms with van der Waals surface area (Å²) < 4.78 is 1.36. The van der Waals surface area contributed by atoms with Gasteiger partial charge in [-0.1, -0.05) is 54.7 Å². The molecule has 0 radical (unpaired) electrons. The van der Waals surface area contributed by atoms with Gasteiger partial charge in [-0.05, 0) is 29.5 Å². The summed E-state index contributed by atoms with van der Waals surface area (Å²) in [6.07, 6.45) is 4.39. The highest BCUT2D eigenvalue weighted by atomic mass is 32.2. The zero-order chi connectivity index (χ0) is 18.2. The predicted octanol–water partition coefficient (Wildman–Crippen LogP) is 2.71. The average molecular weight is 356 g/mol. The summed E-state index contributed by atoms with van der Waals surface area (Å²) in [6.45, 7) is 5.45. The fourth-order valence-electron chi connectivity index (χ4n) is 1.83. The molecule has 0 aliphatic heterocycles. The molecule has 2 aromatic rings. The van der Waals surface area contributed by atoms with Crippen LogP contribution in [0.5, 0.6) is 0 Å². The molecule has 0 saturated carbocycles. The number of benzene rings is 1. The van der Waals surface area contributed by atoms with Crippen molar-refractivity contribution in [2.24, 2.45) is 0 Å². The lowest BCUT2D eigenvalue weighted by Gasteiger charge is -2.04. The Morgan fingerprint density at radius 1 is 1.28 bits per heavy atom. The van der Waals surface area contributed by atoms with Gasteiger partial charge in [0.1, 0.15) is 0 Å². The number of tetrazole rings is 1. The first-order chi connectivity index (χ1) is 12.0. The van der Waals surface area contributed by atoms with E-state index >= 15 is 0 Å². The number of nitrogens with zero attached hydrogens (tertiary/aromatic N) is 4. The molecule has 0 amide bonds. The van der Waals surface area contributed by atoms with Crippen molar-refractivity contribution < 1.29 is 14.7 Å². The number of carboxylic acid groups (broad SMARTS) is 1. The molecule has 7 nitrogen and oxygen atoms in total. The van der Waals surface area contributed by atoms with E-state index in [4.69, 9.17) is 5.11 Å². The Labute approximate surface area is 148 Å². The Hall–Kier alpha value is -3.00. The quantitative estimate of drug-likeness (QED) is 0.336. The number of rotatable bonds is 8. The van der Waals surface area contributed by atoms with E-state index < -0.39 is 5.97 Å². The van der Waals surface area contributed by atoms with E-state index in [-0.39, 0.29) is 17.1 Å². The van der Waals surface area contributed by atoms with Crippen LogP contribution in [0.25, 0.3) is 5.70 Å². The van der Waals surface area contributed by atoms with Crippen molar-refractivity contribution in [2.75, 3.05) is 5.75 Å². The highest BCUT2D eigenvalue weighted by molar-refractivity contribution is 7.99. The lowest BCUT2D eigenvalue weighted by atomic mass is 10.2. The molecule has 1 heterocycles. The zero-order valence-electron chi connectivity index (χ0n) is 13.5. The molecule has 8 heteroatoms. The fraction of sp³-hybridized carbons (Fsp3) is 0.118.